The molecule has 0 saturated heterocycles. The lowest BCUT2D eigenvalue weighted by Gasteiger charge is -2.17. The normalized spacial score (nSPS) is 11.6. The molecule has 0 heterocycles. The molecule has 0 aromatic heterocycles. The van der Waals surface area contributed by atoms with Crippen molar-refractivity contribution in [1.82, 2.24) is 0 Å². The second kappa shape index (κ2) is 7.65. The van der Waals surface area contributed by atoms with E-state index in [4.69, 9.17) is 21.4 Å². The van der Waals surface area contributed by atoms with E-state index in [-0.39, 0.29) is 11.5 Å². The van der Waals surface area contributed by atoms with E-state index in [2.05, 4.69) is 5.32 Å². The molecule has 1 atom stereocenters. The number of carbonyl (C=O) groups is 2. The zero-order chi connectivity index (χ0) is 16.8. The maximum absolute atomic E-state index is 12.3. The third-order valence-corrected chi connectivity index (χ3v) is 3.37. The number of amides is 1. The quantitative estimate of drug-likeness (QED) is 0.842. The van der Waals surface area contributed by atoms with E-state index in [1.807, 2.05) is 6.92 Å². The summed E-state index contributed by atoms with van der Waals surface area (Å²) in [6, 6.07) is 12.8. The molecule has 0 fully saturated rings. The lowest BCUT2D eigenvalue weighted by Crippen LogP contribution is -2.32. The van der Waals surface area contributed by atoms with E-state index in [0.29, 0.717) is 22.9 Å². The maximum Gasteiger partial charge on any atom is 0.335 e. The van der Waals surface area contributed by atoms with Crippen LogP contribution in [0.5, 0.6) is 5.75 Å². The van der Waals surface area contributed by atoms with Gasteiger partial charge in [0, 0.05) is 10.7 Å². The van der Waals surface area contributed by atoms with Gasteiger partial charge in [0.05, 0.1) is 5.56 Å². The molecule has 5 nitrogen and oxygen atoms in total. The van der Waals surface area contributed by atoms with Gasteiger partial charge in [-0.15, -0.1) is 0 Å². The minimum Gasteiger partial charge on any atom is -0.481 e. The van der Waals surface area contributed by atoms with Crippen LogP contribution < -0.4 is 10.1 Å². The fraction of sp³-hybridized carbons (Fsp3) is 0.176. The Balaban J connectivity index is 2.03. The first-order valence-corrected chi connectivity index (χ1v) is 7.44. The number of anilines is 1. The SMILES string of the molecule is CC[C@H](Oc1cccc(Cl)c1)C(=O)Nc1ccc(C(=O)O)cc1. The summed E-state index contributed by atoms with van der Waals surface area (Å²) in [4.78, 5) is 23.1. The van der Waals surface area contributed by atoms with E-state index in [1.54, 1.807) is 24.3 Å². The Morgan fingerprint density at radius 2 is 1.91 bits per heavy atom. The Labute approximate surface area is 138 Å². The van der Waals surface area contributed by atoms with Crippen molar-refractivity contribution in [3.8, 4) is 5.75 Å². The van der Waals surface area contributed by atoms with E-state index in [1.165, 1.54) is 24.3 Å². The highest BCUT2D eigenvalue weighted by Gasteiger charge is 2.18. The number of carboxylic acid groups (broad SMARTS) is 1. The summed E-state index contributed by atoms with van der Waals surface area (Å²) in [5.41, 5.74) is 0.665. The van der Waals surface area contributed by atoms with Gasteiger partial charge in [0.15, 0.2) is 6.10 Å². The van der Waals surface area contributed by atoms with Gasteiger partial charge in [-0.3, -0.25) is 4.79 Å². The van der Waals surface area contributed by atoms with Gasteiger partial charge in [-0.2, -0.15) is 0 Å². The van der Waals surface area contributed by atoms with Crippen molar-refractivity contribution in [1.29, 1.82) is 0 Å². The summed E-state index contributed by atoms with van der Waals surface area (Å²) in [7, 11) is 0. The van der Waals surface area contributed by atoms with Gasteiger partial charge in [0.25, 0.3) is 5.91 Å². The summed E-state index contributed by atoms with van der Waals surface area (Å²) in [6.45, 7) is 1.84. The number of benzene rings is 2. The zero-order valence-corrected chi connectivity index (χ0v) is 13.2. The zero-order valence-electron chi connectivity index (χ0n) is 12.5. The molecular weight excluding hydrogens is 318 g/mol. The summed E-state index contributed by atoms with van der Waals surface area (Å²) < 4.78 is 5.65. The molecule has 23 heavy (non-hydrogen) atoms. The van der Waals surface area contributed by atoms with Crippen molar-refractivity contribution in [2.24, 2.45) is 0 Å². The molecule has 1 amide bonds. The molecule has 2 rings (SSSR count). The van der Waals surface area contributed by atoms with Gasteiger partial charge in [-0.1, -0.05) is 24.6 Å². The van der Waals surface area contributed by atoms with E-state index in [9.17, 15) is 9.59 Å². The first-order chi connectivity index (χ1) is 11.0. The summed E-state index contributed by atoms with van der Waals surface area (Å²) in [6.07, 6.45) is -0.196. The molecule has 2 N–H and O–H groups in total. The highest BCUT2D eigenvalue weighted by atomic mass is 35.5. The fourth-order valence-electron chi connectivity index (χ4n) is 1.95. The van der Waals surface area contributed by atoms with Crippen LogP contribution in [0.1, 0.15) is 23.7 Å². The van der Waals surface area contributed by atoms with Crippen molar-refractivity contribution >= 4 is 29.2 Å². The van der Waals surface area contributed by atoms with E-state index in [0.717, 1.165) is 0 Å². The Kier molecular flexibility index (Phi) is 5.60. The molecule has 0 unspecified atom stereocenters. The number of carboxylic acids is 1. The molecule has 0 aliphatic rings. The molecule has 120 valence electrons. The summed E-state index contributed by atoms with van der Waals surface area (Å²) in [5.74, 6) is -0.810. The second-order valence-corrected chi connectivity index (χ2v) is 5.28. The van der Waals surface area contributed by atoms with Crippen molar-refractivity contribution in [3.05, 3.63) is 59.1 Å². The average Bonchev–Trinajstić information content (AvgIpc) is 2.53. The summed E-state index contributed by atoms with van der Waals surface area (Å²) >= 11 is 5.89. The van der Waals surface area contributed by atoms with Crippen LogP contribution >= 0.6 is 11.6 Å². The number of halogens is 1. The Hall–Kier alpha value is -2.53. The average molecular weight is 334 g/mol. The minimum atomic E-state index is -1.02. The maximum atomic E-state index is 12.3. The number of nitrogens with one attached hydrogen (secondary N) is 1. The highest BCUT2D eigenvalue weighted by Crippen LogP contribution is 2.20. The topological polar surface area (TPSA) is 75.6 Å². The lowest BCUT2D eigenvalue weighted by molar-refractivity contribution is -0.122. The number of carbonyl (C=O) groups excluding carboxylic acids is 1. The van der Waals surface area contributed by atoms with Crippen LogP contribution in [0.4, 0.5) is 5.69 Å². The third-order valence-electron chi connectivity index (χ3n) is 3.14. The molecule has 6 heteroatoms. The molecular formula is C17H16ClNO4. The van der Waals surface area contributed by atoms with Crippen molar-refractivity contribution in [3.63, 3.8) is 0 Å². The number of ether oxygens (including phenoxy) is 1. The predicted octanol–water partition coefficient (Wildman–Crippen LogP) is 3.83. The van der Waals surface area contributed by atoms with Gasteiger partial charge >= 0.3 is 5.97 Å². The van der Waals surface area contributed by atoms with E-state index >= 15 is 0 Å². The summed E-state index contributed by atoms with van der Waals surface area (Å²) in [5, 5.41) is 12.1. The molecule has 0 bridgehead atoms. The van der Waals surface area contributed by atoms with Crippen LogP contribution in [0.25, 0.3) is 0 Å². The minimum absolute atomic E-state index is 0.158. The second-order valence-electron chi connectivity index (χ2n) is 4.84. The molecule has 0 spiro atoms. The van der Waals surface area contributed by atoms with Crippen LogP contribution in [0.3, 0.4) is 0 Å². The molecule has 0 aliphatic carbocycles. The van der Waals surface area contributed by atoms with Crippen LogP contribution in [0.2, 0.25) is 5.02 Å². The number of aromatic carboxylic acids is 1. The van der Waals surface area contributed by atoms with Crippen LogP contribution in [0.15, 0.2) is 48.5 Å². The Morgan fingerprint density at radius 1 is 1.22 bits per heavy atom. The van der Waals surface area contributed by atoms with Crippen LogP contribution in [-0.2, 0) is 4.79 Å². The first-order valence-electron chi connectivity index (χ1n) is 7.06. The standard InChI is InChI=1S/C17H16ClNO4/c1-2-15(23-14-5-3-4-12(18)10-14)16(20)19-13-8-6-11(7-9-13)17(21)22/h3-10,15H,2H2,1H3,(H,19,20)(H,21,22)/t15-/m0/s1. The Morgan fingerprint density at radius 3 is 2.48 bits per heavy atom. The van der Waals surface area contributed by atoms with Gasteiger partial charge in [-0.05, 0) is 48.9 Å². The van der Waals surface area contributed by atoms with Gasteiger partial charge in [-0.25, -0.2) is 4.79 Å². The van der Waals surface area contributed by atoms with Crippen molar-refractivity contribution < 1.29 is 19.4 Å². The lowest BCUT2D eigenvalue weighted by atomic mass is 10.2. The van der Waals surface area contributed by atoms with Gasteiger partial charge < -0.3 is 15.2 Å². The molecule has 2 aromatic carbocycles. The number of rotatable bonds is 6. The van der Waals surface area contributed by atoms with Gasteiger partial charge in [0.2, 0.25) is 0 Å². The Bertz CT molecular complexity index is 700. The number of hydrogen-bond acceptors (Lipinski definition) is 3. The highest BCUT2D eigenvalue weighted by molar-refractivity contribution is 6.30. The van der Waals surface area contributed by atoms with Crippen LogP contribution in [0, 0.1) is 0 Å². The smallest absolute Gasteiger partial charge is 0.335 e. The molecule has 0 radical (unpaired) electrons. The van der Waals surface area contributed by atoms with Crippen molar-refractivity contribution in [2.45, 2.75) is 19.4 Å². The largest absolute Gasteiger partial charge is 0.481 e. The third kappa shape index (κ3) is 4.72. The van der Waals surface area contributed by atoms with Gasteiger partial charge in [0.1, 0.15) is 5.75 Å². The van der Waals surface area contributed by atoms with Crippen LogP contribution in [-0.4, -0.2) is 23.1 Å². The fourth-order valence-corrected chi connectivity index (χ4v) is 2.13. The first kappa shape index (κ1) is 16.8. The predicted molar refractivity (Wildman–Crippen MR) is 88.2 cm³/mol. The molecule has 0 aliphatic heterocycles. The monoisotopic (exact) mass is 333 g/mol. The molecule has 0 saturated carbocycles. The number of hydrogen-bond donors (Lipinski definition) is 2. The van der Waals surface area contributed by atoms with E-state index < -0.39 is 12.1 Å². The molecule has 2 aromatic rings. The van der Waals surface area contributed by atoms with Crippen molar-refractivity contribution in [2.75, 3.05) is 5.32 Å².